The predicted molar refractivity (Wildman–Crippen MR) is 72.0 cm³/mol. The Bertz CT molecular complexity index is 564. The first-order chi connectivity index (χ1) is 8.06. The number of nitrogens with zero attached hydrogens (tertiary/aromatic N) is 1. The maximum Gasteiger partial charge on any atom is 0.337 e. The summed E-state index contributed by atoms with van der Waals surface area (Å²) in [6.07, 6.45) is 2.97. The van der Waals surface area contributed by atoms with Gasteiger partial charge in [-0.1, -0.05) is 31.9 Å². The zero-order chi connectivity index (χ0) is 12.4. The van der Waals surface area contributed by atoms with Crippen LogP contribution in [0.1, 0.15) is 10.4 Å². The predicted octanol–water partition coefficient (Wildman–Crippen LogP) is 3.97. The molecule has 1 N–H and O–H groups in total. The standard InChI is InChI=1S/C12H7Br2NO2/c13-10-2-7(3-11(14)4-10)8-1-9(12(16)17)6-15-5-8/h1-6H,(H,16,17). The average molecular weight is 357 g/mol. The topological polar surface area (TPSA) is 50.2 Å². The molecular formula is C12H7Br2NO2. The summed E-state index contributed by atoms with van der Waals surface area (Å²) in [5.74, 6) is -0.978. The van der Waals surface area contributed by atoms with Crippen LogP contribution in [-0.2, 0) is 0 Å². The molecule has 0 radical (unpaired) electrons. The van der Waals surface area contributed by atoms with Crippen LogP contribution in [-0.4, -0.2) is 16.1 Å². The molecule has 2 aromatic rings. The van der Waals surface area contributed by atoms with Crippen molar-refractivity contribution in [2.24, 2.45) is 0 Å². The number of carboxylic acids is 1. The highest BCUT2D eigenvalue weighted by molar-refractivity contribution is 9.11. The number of hydrogen-bond acceptors (Lipinski definition) is 2. The van der Waals surface area contributed by atoms with Gasteiger partial charge in [0.05, 0.1) is 5.56 Å². The third kappa shape index (κ3) is 2.92. The number of benzene rings is 1. The van der Waals surface area contributed by atoms with Crippen LogP contribution in [0.5, 0.6) is 0 Å². The summed E-state index contributed by atoms with van der Waals surface area (Å²) in [6.45, 7) is 0. The quantitative estimate of drug-likeness (QED) is 0.885. The van der Waals surface area contributed by atoms with E-state index >= 15 is 0 Å². The van der Waals surface area contributed by atoms with Gasteiger partial charge in [0.25, 0.3) is 0 Å². The Morgan fingerprint density at radius 3 is 2.24 bits per heavy atom. The number of aromatic carboxylic acids is 1. The summed E-state index contributed by atoms with van der Waals surface area (Å²) in [7, 11) is 0. The van der Waals surface area contributed by atoms with E-state index in [4.69, 9.17) is 5.11 Å². The first kappa shape index (κ1) is 12.3. The van der Waals surface area contributed by atoms with E-state index in [0.717, 1.165) is 20.1 Å². The summed E-state index contributed by atoms with van der Waals surface area (Å²) in [4.78, 5) is 14.8. The van der Waals surface area contributed by atoms with Gasteiger partial charge in [-0.25, -0.2) is 4.79 Å². The van der Waals surface area contributed by atoms with Crippen LogP contribution >= 0.6 is 31.9 Å². The number of hydrogen-bond donors (Lipinski definition) is 1. The molecule has 0 atom stereocenters. The van der Waals surface area contributed by atoms with Crippen LogP contribution < -0.4 is 0 Å². The highest BCUT2D eigenvalue weighted by atomic mass is 79.9. The Labute approximate surface area is 115 Å². The number of aromatic nitrogens is 1. The summed E-state index contributed by atoms with van der Waals surface area (Å²) >= 11 is 6.78. The van der Waals surface area contributed by atoms with Crippen LogP contribution in [0.4, 0.5) is 0 Å². The van der Waals surface area contributed by atoms with Gasteiger partial charge >= 0.3 is 5.97 Å². The minimum atomic E-state index is -0.978. The number of carbonyl (C=O) groups is 1. The van der Waals surface area contributed by atoms with Crippen molar-refractivity contribution in [1.29, 1.82) is 0 Å². The lowest BCUT2D eigenvalue weighted by Crippen LogP contribution is -1.97. The van der Waals surface area contributed by atoms with Gasteiger partial charge in [0.2, 0.25) is 0 Å². The van der Waals surface area contributed by atoms with Crippen LogP contribution in [0.25, 0.3) is 11.1 Å². The molecule has 86 valence electrons. The van der Waals surface area contributed by atoms with Gasteiger partial charge in [-0.2, -0.15) is 0 Å². The SMILES string of the molecule is O=C(O)c1cncc(-c2cc(Br)cc(Br)c2)c1. The van der Waals surface area contributed by atoms with Crippen molar-refractivity contribution < 1.29 is 9.90 Å². The molecule has 0 bridgehead atoms. The van der Waals surface area contributed by atoms with Crippen LogP contribution in [0.15, 0.2) is 45.6 Å². The fourth-order valence-electron chi connectivity index (χ4n) is 1.44. The zero-order valence-electron chi connectivity index (χ0n) is 8.52. The summed E-state index contributed by atoms with van der Waals surface area (Å²) in [5, 5.41) is 8.91. The average Bonchev–Trinajstić information content (AvgIpc) is 2.28. The number of carboxylic acid groups (broad SMARTS) is 1. The highest BCUT2D eigenvalue weighted by Gasteiger charge is 2.06. The number of pyridine rings is 1. The van der Waals surface area contributed by atoms with E-state index in [1.807, 2.05) is 18.2 Å². The molecule has 1 aromatic carbocycles. The largest absolute Gasteiger partial charge is 0.478 e. The molecule has 0 saturated heterocycles. The van der Waals surface area contributed by atoms with Crippen LogP contribution in [0.3, 0.4) is 0 Å². The van der Waals surface area contributed by atoms with Gasteiger partial charge < -0.3 is 5.11 Å². The molecule has 0 aliphatic rings. The Balaban J connectivity index is 2.52. The van der Waals surface area contributed by atoms with Crippen molar-refractivity contribution >= 4 is 37.8 Å². The smallest absolute Gasteiger partial charge is 0.337 e. The Morgan fingerprint density at radius 1 is 1.00 bits per heavy atom. The molecule has 0 aliphatic carbocycles. The second-order valence-electron chi connectivity index (χ2n) is 3.43. The second kappa shape index (κ2) is 4.98. The van der Waals surface area contributed by atoms with Crippen LogP contribution in [0, 0.1) is 0 Å². The van der Waals surface area contributed by atoms with E-state index in [0.29, 0.717) is 0 Å². The number of rotatable bonds is 2. The first-order valence-electron chi connectivity index (χ1n) is 4.71. The molecule has 3 nitrogen and oxygen atoms in total. The van der Waals surface area contributed by atoms with Crippen molar-refractivity contribution in [1.82, 2.24) is 4.98 Å². The second-order valence-corrected chi connectivity index (χ2v) is 5.26. The fourth-order valence-corrected chi connectivity index (χ4v) is 2.73. The summed E-state index contributed by atoms with van der Waals surface area (Å²) < 4.78 is 1.84. The van der Waals surface area contributed by atoms with Gasteiger partial charge in [0.1, 0.15) is 0 Å². The lowest BCUT2D eigenvalue weighted by atomic mass is 10.1. The van der Waals surface area contributed by atoms with E-state index in [9.17, 15) is 4.79 Å². The maximum atomic E-state index is 10.9. The molecule has 1 heterocycles. The molecule has 0 aliphatic heterocycles. The zero-order valence-corrected chi connectivity index (χ0v) is 11.7. The Morgan fingerprint density at radius 2 is 1.65 bits per heavy atom. The third-order valence-electron chi connectivity index (χ3n) is 2.18. The Hall–Kier alpha value is -1.20. The van der Waals surface area contributed by atoms with E-state index < -0.39 is 5.97 Å². The summed E-state index contributed by atoms with van der Waals surface area (Å²) in [6, 6.07) is 7.34. The van der Waals surface area contributed by atoms with Gasteiger partial charge in [-0.05, 0) is 29.8 Å². The van der Waals surface area contributed by atoms with Crippen molar-refractivity contribution in [3.05, 3.63) is 51.2 Å². The minimum Gasteiger partial charge on any atom is -0.478 e. The lowest BCUT2D eigenvalue weighted by molar-refractivity contribution is 0.0696. The van der Waals surface area contributed by atoms with Gasteiger partial charge in [-0.3, -0.25) is 4.98 Å². The number of halogens is 2. The van der Waals surface area contributed by atoms with Gasteiger partial charge in [-0.15, -0.1) is 0 Å². The van der Waals surface area contributed by atoms with E-state index in [-0.39, 0.29) is 5.56 Å². The van der Waals surface area contributed by atoms with Crippen LogP contribution in [0.2, 0.25) is 0 Å². The maximum absolute atomic E-state index is 10.9. The molecule has 0 spiro atoms. The van der Waals surface area contributed by atoms with Gasteiger partial charge in [0, 0.05) is 26.9 Å². The molecule has 0 unspecified atom stereocenters. The Kier molecular flexibility index (Phi) is 3.59. The molecule has 0 fully saturated rings. The first-order valence-corrected chi connectivity index (χ1v) is 6.29. The molecule has 0 saturated carbocycles. The molecule has 0 amide bonds. The highest BCUT2D eigenvalue weighted by Crippen LogP contribution is 2.27. The van der Waals surface area contributed by atoms with Crippen molar-refractivity contribution in [2.75, 3.05) is 0 Å². The van der Waals surface area contributed by atoms with Crippen molar-refractivity contribution in [2.45, 2.75) is 0 Å². The van der Waals surface area contributed by atoms with Crippen molar-refractivity contribution in [3.63, 3.8) is 0 Å². The van der Waals surface area contributed by atoms with E-state index in [1.54, 1.807) is 12.3 Å². The van der Waals surface area contributed by atoms with E-state index in [1.165, 1.54) is 6.20 Å². The molecule has 1 aromatic heterocycles. The fraction of sp³-hybridized carbons (Fsp3) is 0. The molecule has 5 heteroatoms. The van der Waals surface area contributed by atoms with Crippen molar-refractivity contribution in [3.8, 4) is 11.1 Å². The minimum absolute atomic E-state index is 0.179. The molecule has 17 heavy (non-hydrogen) atoms. The molecular weight excluding hydrogens is 350 g/mol. The summed E-state index contributed by atoms with van der Waals surface area (Å²) in [5.41, 5.74) is 1.85. The monoisotopic (exact) mass is 355 g/mol. The van der Waals surface area contributed by atoms with Gasteiger partial charge in [0.15, 0.2) is 0 Å². The van der Waals surface area contributed by atoms with E-state index in [2.05, 4.69) is 36.8 Å². The lowest BCUT2D eigenvalue weighted by Gasteiger charge is -2.04. The third-order valence-corrected chi connectivity index (χ3v) is 3.10. The normalized spacial score (nSPS) is 10.2. The molecule has 2 rings (SSSR count).